The molecule has 0 aliphatic heterocycles. The van der Waals surface area contributed by atoms with Crippen molar-refractivity contribution < 1.29 is 0 Å². The van der Waals surface area contributed by atoms with Gasteiger partial charge in [-0.1, -0.05) is 182 Å². The average molecular weight is 870 g/mol. The zero-order chi connectivity index (χ0) is 44.7. The summed E-state index contributed by atoms with van der Waals surface area (Å²) in [6.45, 7) is 0. The van der Waals surface area contributed by atoms with Crippen LogP contribution >= 0.6 is 0 Å². The predicted octanol–water partition coefficient (Wildman–Crippen LogP) is 14.4. The van der Waals surface area contributed by atoms with E-state index in [1.165, 1.54) is 21.9 Å². The molecule has 1 atom stereocenters. The van der Waals surface area contributed by atoms with Gasteiger partial charge in [0.1, 0.15) is 17.2 Å². The minimum absolute atomic E-state index is 0.202. The van der Waals surface area contributed by atoms with Crippen LogP contribution < -0.4 is 0 Å². The molecule has 1 aliphatic carbocycles. The lowest BCUT2D eigenvalue weighted by Crippen LogP contribution is -2.09. The number of hydrogen-bond acceptors (Lipinski definition) is 4. The van der Waals surface area contributed by atoms with Crippen molar-refractivity contribution in [2.24, 2.45) is 0 Å². The molecule has 0 fully saturated rings. The largest absolute Gasteiger partial charge is 0.307 e. The SMILES string of the molecule is c1ccc(-c2nc(-c3ccccc3)nc(C3c4ccccc4-c4cc(-n5c6ccccc6c6ccc7c8c(nc(-c9ccccc9)n8-c8ccccc8)n(-c8ccccc8)c7c65)ccc43)n2)cc1. The Labute approximate surface area is 391 Å². The topological polar surface area (TPSA) is 66.3 Å². The summed E-state index contributed by atoms with van der Waals surface area (Å²) in [5, 5.41) is 3.47. The van der Waals surface area contributed by atoms with Gasteiger partial charge in [0, 0.05) is 49.9 Å². The summed E-state index contributed by atoms with van der Waals surface area (Å²) in [5.41, 5.74) is 16.1. The number of para-hydroxylation sites is 3. The van der Waals surface area contributed by atoms with E-state index < -0.39 is 0 Å². The zero-order valence-electron chi connectivity index (χ0n) is 36.6. The second-order valence-corrected chi connectivity index (χ2v) is 17.4. The highest BCUT2D eigenvalue weighted by molar-refractivity contribution is 6.23. The average Bonchev–Trinajstić information content (AvgIpc) is 4.16. The Bertz CT molecular complexity index is 4000. The molecular weight excluding hydrogens is 831 g/mol. The summed E-state index contributed by atoms with van der Waals surface area (Å²) in [7, 11) is 0. The Morgan fingerprint density at radius 2 is 0.853 bits per heavy atom. The number of fused-ring (bicyclic) bond motifs is 10. The van der Waals surface area contributed by atoms with E-state index in [1.807, 2.05) is 36.4 Å². The third-order valence-corrected chi connectivity index (χ3v) is 13.6. The number of imidazole rings is 1. The van der Waals surface area contributed by atoms with Crippen LogP contribution in [-0.2, 0) is 0 Å². The molecule has 4 heterocycles. The van der Waals surface area contributed by atoms with Crippen molar-refractivity contribution in [3.63, 3.8) is 0 Å². The maximum absolute atomic E-state index is 5.60. The van der Waals surface area contributed by atoms with E-state index in [0.29, 0.717) is 11.6 Å². The van der Waals surface area contributed by atoms with Crippen LogP contribution in [0.3, 0.4) is 0 Å². The molecule has 0 saturated heterocycles. The van der Waals surface area contributed by atoms with Gasteiger partial charge in [-0.25, -0.2) is 19.9 Å². The van der Waals surface area contributed by atoms with Crippen molar-refractivity contribution >= 4 is 43.9 Å². The van der Waals surface area contributed by atoms with E-state index in [0.717, 1.165) is 89.6 Å². The Hall–Kier alpha value is -9.20. The minimum Gasteiger partial charge on any atom is -0.307 e. The molecule has 318 valence electrons. The van der Waals surface area contributed by atoms with Gasteiger partial charge in [0.25, 0.3) is 0 Å². The lowest BCUT2D eigenvalue weighted by atomic mass is 9.95. The van der Waals surface area contributed by atoms with Gasteiger partial charge in [-0.05, 0) is 70.8 Å². The summed E-state index contributed by atoms with van der Waals surface area (Å²) in [4.78, 5) is 21.2. The van der Waals surface area contributed by atoms with Crippen LogP contribution in [0.4, 0.5) is 0 Å². The molecule has 13 aromatic rings. The number of rotatable bonds is 7. The minimum atomic E-state index is -0.202. The highest BCUT2D eigenvalue weighted by Crippen LogP contribution is 2.50. The molecule has 0 radical (unpaired) electrons. The summed E-state index contributed by atoms with van der Waals surface area (Å²) in [6.07, 6.45) is 0. The van der Waals surface area contributed by atoms with Gasteiger partial charge in [0.2, 0.25) is 0 Å². The van der Waals surface area contributed by atoms with E-state index in [2.05, 4.69) is 208 Å². The Balaban J connectivity index is 1.04. The highest BCUT2D eigenvalue weighted by atomic mass is 15.2. The number of hydrogen-bond donors (Lipinski definition) is 0. The van der Waals surface area contributed by atoms with Gasteiger partial charge in [0.15, 0.2) is 17.3 Å². The molecular formula is C61H39N7. The molecule has 4 aromatic heterocycles. The van der Waals surface area contributed by atoms with Gasteiger partial charge in [-0.3, -0.25) is 9.13 Å². The second kappa shape index (κ2) is 15.2. The molecule has 1 aliphatic rings. The van der Waals surface area contributed by atoms with Crippen LogP contribution in [0.15, 0.2) is 231 Å². The van der Waals surface area contributed by atoms with Gasteiger partial charge in [0.05, 0.1) is 22.5 Å². The third-order valence-electron chi connectivity index (χ3n) is 13.6. The fourth-order valence-electron chi connectivity index (χ4n) is 10.6. The number of aromatic nitrogens is 7. The fraction of sp³-hybridized carbons (Fsp3) is 0.0164. The molecule has 7 heteroatoms. The van der Waals surface area contributed by atoms with Crippen LogP contribution in [0, 0.1) is 0 Å². The molecule has 0 spiro atoms. The summed E-state index contributed by atoms with van der Waals surface area (Å²) >= 11 is 0. The smallest absolute Gasteiger partial charge is 0.165 e. The summed E-state index contributed by atoms with van der Waals surface area (Å²) in [6, 6.07) is 81.3. The van der Waals surface area contributed by atoms with Crippen LogP contribution in [0.1, 0.15) is 22.9 Å². The van der Waals surface area contributed by atoms with Crippen molar-refractivity contribution in [2.75, 3.05) is 0 Å². The molecule has 0 saturated carbocycles. The lowest BCUT2D eigenvalue weighted by Gasteiger charge is -2.16. The van der Waals surface area contributed by atoms with Crippen molar-refractivity contribution in [3.05, 3.63) is 247 Å². The lowest BCUT2D eigenvalue weighted by molar-refractivity contribution is 0.855. The monoisotopic (exact) mass is 869 g/mol. The third kappa shape index (κ3) is 5.79. The normalized spacial score (nSPS) is 13.1. The van der Waals surface area contributed by atoms with Crippen LogP contribution in [-0.4, -0.2) is 33.6 Å². The van der Waals surface area contributed by atoms with Gasteiger partial charge < -0.3 is 4.57 Å². The van der Waals surface area contributed by atoms with Crippen LogP contribution in [0.25, 0.3) is 106 Å². The van der Waals surface area contributed by atoms with Gasteiger partial charge >= 0.3 is 0 Å². The molecule has 0 N–H and O–H groups in total. The van der Waals surface area contributed by atoms with Crippen molar-refractivity contribution in [2.45, 2.75) is 5.92 Å². The fourth-order valence-corrected chi connectivity index (χ4v) is 10.6. The summed E-state index contributed by atoms with van der Waals surface area (Å²) < 4.78 is 7.18. The maximum atomic E-state index is 5.60. The van der Waals surface area contributed by atoms with E-state index in [1.54, 1.807) is 0 Å². The van der Waals surface area contributed by atoms with Crippen molar-refractivity contribution in [1.82, 2.24) is 33.6 Å². The quantitative estimate of drug-likeness (QED) is 0.160. The Morgan fingerprint density at radius 3 is 1.53 bits per heavy atom. The van der Waals surface area contributed by atoms with Crippen LogP contribution in [0.2, 0.25) is 0 Å². The molecule has 0 amide bonds. The van der Waals surface area contributed by atoms with Gasteiger partial charge in [-0.15, -0.1) is 0 Å². The molecule has 7 nitrogen and oxygen atoms in total. The predicted molar refractivity (Wildman–Crippen MR) is 275 cm³/mol. The standard InChI is InChI=1S/C61H39N7/c1-6-20-39(21-7-1)57-62-58(40-22-8-2-9-23-40)64-59(63-57)53-47-32-17-16-30-45(47)51-38-44(34-35-48(51)53)66-52-33-19-18-31-46(52)49-36-37-50-55(54(49)66)67(42-26-12-4-13-27-42)61-56(50)68(43-28-14-5-15-29-43)60(65-61)41-24-10-3-11-25-41/h1-38,53H. The number of nitrogens with zero attached hydrogens (tertiary/aromatic N) is 7. The molecule has 0 bridgehead atoms. The molecule has 9 aromatic carbocycles. The van der Waals surface area contributed by atoms with E-state index in [9.17, 15) is 0 Å². The van der Waals surface area contributed by atoms with Crippen molar-refractivity contribution in [1.29, 1.82) is 0 Å². The Kier molecular flexibility index (Phi) is 8.51. The first-order chi connectivity index (χ1) is 33.8. The Morgan fingerprint density at radius 1 is 0.324 bits per heavy atom. The van der Waals surface area contributed by atoms with E-state index in [-0.39, 0.29) is 5.92 Å². The first-order valence-corrected chi connectivity index (χ1v) is 23.0. The molecule has 1 unspecified atom stereocenters. The maximum Gasteiger partial charge on any atom is 0.165 e. The highest BCUT2D eigenvalue weighted by Gasteiger charge is 2.34. The second-order valence-electron chi connectivity index (χ2n) is 17.4. The van der Waals surface area contributed by atoms with E-state index >= 15 is 0 Å². The molecule has 14 rings (SSSR count). The van der Waals surface area contributed by atoms with Gasteiger partial charge in [-0.2, -0.15) is 0 Å². The molecule has 68 heavy (non-hydrogen) atoms. The van der Waals surface area contributed by atoms with E-state index in [4.69, 9.17) is 19.9 Å². The number of benzene rings is 9. The zero-order valence-corrected chi connectivity index (χ0v) is 36.6. The first kappa shape index (κ1) is 38.1. The summed E-state index contributed by atoms with van der Waals surface area (Å²) in [5.74, 6) is 2.73. The first-order valence-electron chi connectivity index (χ1n) is 23.0. The van der Waals surface area contributed by atoms with Crippen molar-refractivity contribution in [3.8, 4) is 62.4 Å². The van der Waals surface area contributed by atoms with Crippen LogP contribution in [0.5, 0.6) is 0 Å².